The van der Waals surface area contributed by atoms with E-state index in [1.54, 1.807) is 12.1 Å². The van der Waals surface area contributed by atoms with Gasteiger partial charge in [0.1, 0.15) is 5.82 Å². The average molecular weight is 357 g/mol. The van der Waals surface area contributed by atoms with Gasteiger partial charge in [-0.15, -0.1) is 0 Å². The highest BCUT2D eigenvalue weighted by Crippen LogP contribution is 2.29. The maximum absolute atomic E-state index is 14.3. The van der Waals surface area contributed by atoms with Gasteiger partial charge in [-0.2, -0.15) is 0 Å². The minimum atomic E-state index is -0.235. The molecule has 20 heavy (non-hydrogen) atoms. The maximum atomic E-state index is 14.3. The predicted molar refractivity (Wildman–Crippen MR) is 85.7 cm³/mol. The van der Waals surface area contributed by atoms with Crippen LogP contribution in [0.15, 0.2) is 46.9 Å². The predicted octanol–water partition coefficient (Wildman–Crippen LogP) is 5.33. The molecule has 4 heteroatoms. The van der Waals surface area contributed by atoms with E-state index in [2.05, 4.69) is 28.2 Å². The van der Waals surface area contributed by atoms with Crippen molar-refractivity contribution in [1.29, 1.82) is 0 Å². The Labute approximate surface area is 132 Å². The molecule has 0 fully saturated rings. The Balaban J connectivity index is 2.44. The largest absolute Gasteiger partial charge is 0.306 e. The zero-order valence-corrected chi connectivity index (χ0v) is 13.5. The molecule has 1 nitrogen and oxygen atoms in total. The molecule has 0 aliphatic carbocycles. The number of hydrogen-bond donors (Lipinski definition) is 1. The third kappa shape index (κ3) is 3.60. The summed E-state index contributed by atoms with van der Waals surface area (Å²) in [6.07, 6.45) is 0.979. The lowest BCUT2D eigenvalue weighted by Gasteiger charge is -2.21. The van der Waals surface area contributed by atoms with E-state index in [4.69, 9.17) is 11.6 Å². The van der Waals surface area contributed by atoms with Gasteiger partial charge in [-0.1, -0.05) is 42.8 Å². The average Bonchev–Trinajstić information content (AvgIpc) is 2.44. The zero-order chi connectivity index (χ0) is 14.5. The Hall–Kier alpha value is -0.900. The van der Waals surface area contributed by atoms with E-state index >= 15 is 0 Å². The number of benzene rings is 2. The number of hydrogen-bond acceptors (Lipinski definition) is 1. The van der Waals surface area contributed by atoms with Crippen LogP contribution in [0.25, 0.3) is 0 Å². The van der Waals surface area contributed by atoms with Gasteiger partial charge in [0, 0.05) is 10.6 Å². The summed E-state index contributed by atoms with van der Waals surface area (Å²) in [6, 6.07) is 12.7. The summed E-state index contributed by atoms with van der Waals surface area (Å²) in [5.74, 6) is -0.235. The molecule has 0 spiro atoms. The van der Waals surface area contributed by atoms with Gasteiger partial charge in [-0.25, -0.2) is 4.39 Å². The van der Waals surface area contributed by atoms with E-state index in [1.165, 1.54) is 0 Å². The lowest BCUT2D eigenvalue weighted by molar-refractivity contribution is 0.543. The van der Waals surface area contributed by atoms with Crippen molar-refractivity contribution in [2.45, 2.75) is 19.4 Å². The molecule has 0 aliphatic rings. The van der Waals surface area contributed by atoms with Gasteiger partial charge in [0.15, 0.2) is 0 Å². The fourth-order valence-corrected chi connectivity index (χ4v) is 2.71. The molecule has 0 bridgehead atoms. The third-order valence-electron chi connectivity index (χ3n) is 3.07. The Morgan fingerprint density at radius 2 is 2.00 bits per heavy atom. The van der Waals surface area contributed by atoms with Crippen LogP contribution in [-0.4, -0.2) is 6.54 Å². The first kappa shape index (κ1) is 15.5. The second-order valence-electron chi connectivity index (χ2n) is 4.59. The van der Waals surface area contributed by atoms with Crippen molar-refractivity contribution in [3.8, 4) is 0 Å². The lowest BCUT2D eigenvalue weighted by Crippen LogP contribution is -2.24. The van der Waals surface area contributed by atoms with E-state index in [1.807, 2.05) is 30.3 Å². The van der Waals surface area contributed by atoms with Crippen LogP contribution in [0, 0.1) is 5.82 Å². The van der Waals surface area contributed by atoms with Crippen molar-refractivity contribution in [3.05, 3.63) is 68.9 Å². The molecule has 1 unspecified atom stereocenters. The molecule has 0 radical (unpaired) electrons. The van der Waals surface area contributed by atoms with Crippen molar-refractivity contribution < 1.29 is 4.39 Å². The van der Waals surface area contributed by atoms with E-state index in [0.717, 1.165) is 18.5 Å². The minimum Gasteiger partial charge on any atom is -0.306 e. The fraction of sp³-hybridized carbons (Fsp3) is 0.250. The topological polar surface area (TPSA) is 12.0 Å². The summed E-state index contributed by atoms with van der Waals surface area (Å²) < 4.78 is 14.8. The van der Waals surface area contributed by atoms with E-state index in [-0.39, 0.29) is 11.9 Å². The van der Waals surface area contributed by atoms with Crippen molar-refractivity contribution in [2.24, 2.45) is 0 Å². The molecular formula is C16H16BrClFN. The van der Waals surface area contributed by atoms with Crippen LogP contribution < -0.4 is 5.32 Å². The van der Waals surface area contributed by atoms with Gasteiger partial charge in [-0.05, 0) is 52.7 Å². The third-order valence-corrected chi connectivity index (χ3v) is 3.92. The first-order valence-electron chi connectivity index (χ1n) is 6.56. The van der Waals surface area contributed by atoms with E-state index in [0.29, 0.717) is 15.1 Å². The van der Waals surface area contributed by atoms with Gasteiger partial charge in [-0.3, -0.25) is 0 Å². The molecule has 0 saturated carbocycles. The fourth-order valence-electron chi connectivity index (χ4n) is 2.13. The smallest absolute Gasteiger partial charge is 0.142 e. The summed E-state index contributed by atoms with van der Waals surface area (Å²) in [5, 5.41) is 4.03. The van der Waals surface area contributed by atoms with Crippen molar-refractivity contribution >= 4 is 27.5 Å². The number of nitrogens with one attached hydrogen (secondary N) is 1. The maximum Gasteiger partial charge on any atom is 0.142 e. The Morgan fingerprint density at radius 3 is 2.70 bits per heavy atom. The normalized spacial score (nSPS) is 12.4. The first-order chi connectivity index (χ1) is 9.63. The monoisotopic (exact) mass is 355 g/mol. The van der Waals surface area contributed by atoms with Crippen LogP contribution in [-0.2, 0) is 0 Å². The summed E-state index contributed by atoms with van der Waals surface area (Å²) >= 11 is 9.29. The van der Waals surface area contributed by atoms with Gasteiger partial charge < -0.3 is 5.32 Å². The molecule has 2 aromatic carbocycles. The molecule has 0 aliphatic heterocycles. The molecule has 1 N–H and O–H groups in total. The standard InChI is InChI=1S/C16H16BrClFN/c1-2-9-20-16(11-5-3-6-12(18)10-11)13-7-4-8-14(17)15(13)19/h3-8,10,16,20H,2,9H2,1H3. The summed E-state index contributed by atoms with van der Waals surface area (Å²) in [5.41, 5.74) is 1.58. The quantitative estimate of drug-likeness (QED) is 0.763. The molecule has 2 aromatic rings. The Bertz CT molecular complexity index is 588. The summed E-state index contributed by atoms with van der Waals surface area (Å²) in [6.45, 7) is 2.89. The Morgan fingerprint density at radius 1 is 1.25 bits per heavy atom. The van der Waals surface area contributed by atoms with Crippen LogP contribution in [0.2, 0.25) is 5.02 Å². The lowest BCUT2D eigenvalue weighted by atomic mass is 9.98. The molecule has 0 heterocycles. The molecule has 0 saturated heterocycles. The van der Waals surface area contributed by atoms with Gasteiger partial charge in [0.2, 0.25) is 0 Å². The first-order valence-corrected chi connectivity index (χ1v) is 7.73. The highest BCUT2D eigenvalue weighted by molar-refractivity contribution is 9.10. The molecule has 0 amide bonds. The van der Waals surface area contributed by atoms with Crippen LogP contribution in [0.5, 0.6) is 0 Å². The molecule has 0 aromatic heterocycles. The zero-order valence-electron chi connectivity index (χ0n) is 11.2. The van der Waals surface area contributed by atoms with Crippen LogP contribution in [0.3, 0.4) is 0 Å². The molecular weight excluding hydrogens is 341 g/mol. The van der Waals surface area contributed by atoms with E-state index < -0.39 is 0 Å². The summed E-state index contributed by atoms with van der Waals surface area (Å²) in [7, 11) is 0. The van der Waals surface area contributed by atoms with Crippen molar-refractivity contribution in [2.75, 3.05) is 6.54 Å². The van der Waals surface area contributed by atoms with Crippen molar-refractivity contribution in [1.82, 2.24) is 5.32 Å². The van der Waals surface area contributed by atoms with Crippen LogP contribution in [0.1, 0.15) is 30.5 Å². The molecule has 1 atom stereocenters. The second-order valence-corrected chi connectivity index (χ2v) is 5.88. The second kappa shape index (κ2) is 7.21. The number of rotatable bonds is 5. The minimum absolute atomic E-state index is 0.203. The van der Waals surface area contributed by atoms with Gasteiger partial charge in [0.25, 0.3) is 0 Å². The highest BCUT2D eigenvalue weighted by atomic mass is 79.9. The molecule has 2 rings (SSSR count). The number of halogens is 3. The van der Waals surface area contributed by atoms with Gasteiger partial charge in [0.05, 0.1) is 10.5 Å². The van der Waals surface area contributed by atoms with Crippen LogP contribution in [0.4, 0.5) is 4.39 Å². The van der Waals surface area contributed by atoms with Crippen LogP contribution >= 0.6 is 27.5 Å². The van der Waals surface area contributed by atoms with Crippen molar-refractivity contribution in [3.63, 3.8) is 0 Å². The Kier molecular flexibility index (Phi) is 5.58. The van der Waals surface area contributed by atoms with E-state index in [9.17, 15) is 4.39 Å². The molecule has 106 valence electrons. The highest BCUT2D eigenvalue weighted by Gasteiger charge is 2.18. The van der Waals surface area contributed by atoms with Gasteiger partial charge >= 0.3 is 0 Å². The SMILES string of the molecule is CCCNC(c1cccc(Cl)c1)c1cccc(Br)c1F. The summed E-state index contributed by atoms with van der Waals surface area (Å²) in [4.78, 5) is 0.